The van der Waals surface area contributed by atoms with Crippen LogP contribution in [0.5, 0.6) is 0 Å². The van der Waals surface area contributed by atoms with Crippen molar-refractivity contribution >= 4 is 0 Å². The lowest BCUT2D eigenvalue weighted by Gasteiger charge is -2.34. The van der Waals surface area contributed by atoms with Crippen LogP contribution in [0.3, 0.4) is 0 Å². The second kappa shape index (κ2) is 4.37. The number of hydrogen-bond donors (Lipinski definition) is 4. The van der Waals surface area contributed by atoms with Crippen molar-refractivity contribution in [1.29, 1.82) is 0 Å². The Morgan fingerprint density at radius 3 is 2.71 bits per heavy atom. The zero-order valence-electron chi connectivity index (χ0n) is 8.55. The van der Waals surface area contributed by atoms with E-state index in [1.54, 1.807) is 0 Å². The van der Waals surface area contributed by atoms with Gasteiger partial charge in [-0.2, -0.15) is 9.78 Å². The molecule has 2 rings (SSSR count). The number of nitrogens with zero attached hydrogens (tertiary/aromatic N) is 2. The van der Waals surface area contributed by atoms with Crippen LogP contribution in [0.2, 0.25) is 0 Å². The van der Waals surface area contributed by atoms with Crippen LogP contribution in [-0.2, 0) is 4.74 Å². The van der Waals surface area contributed by atoms with Crippen molar-refractivity contribution in [2.45, 2.75) is 24.5 Å². The Labute approximate surface area is 93.9 Å². The summed E-state index contributed by atoms with van der Waals surface area (Å²) < 4.78 is 5.69. The Bertz CT molecular complexity index is 510. The first kappa shape index (κ1) is 11.9. The average Bonchev–Trinajstić information content (AvgIpc) is 2.28. The smallest absolute Gasteiger partial charge is 0.347 e. The molecular formula is C8H11N3O6. The summed E-state index contributed by atoms with van der Waals surface area (Å²) in [5.74, 6) is 0. The zero-order chi connectivity index (χ0) is 12.6. The third-order valence-corrected chi connectivity index (χ3v) is 2.45. The number of aliphatic hydroxyl groups is 3. The van der Waals surface area contributed by atoms with Gasteiger partial charge in [0.05, 0.1) is 6.61 Å². The van der Waals surface area contributed by atoms with Gasteiger partial charge in [0.15, 0.2) is 6.23 Å². The standard InChI is InChI=1S/C8H11N3O6/c12-3-2-17-7(6(15)5(3)14)11-8(16)10-4(13)1-9-11/h1,3,5-7,12,14-15H,2H2,(H,10,13,16). The largest absolute Gasteiger partial charge is 0.388 e. The number of rotatable bonds is 1. The number of hydrogen-bond acceptors (Lipinski definition) is 7. The molecule has 9 nitrogen and oxygen atoms in total. The quantitative estimate of drug-likeness (QED) is 0.403. The van der Waals surface area contributed by atoms with Gasteiger partial charge in [-0.15, -0.1) is 0 Å². The highest BCUT2D eigenvalue weighted by molar-refractivity contribution is 4.85. The minimum atomic E-state index is -1.52. The summed E-state index contributed by atoms with van der Waals surface area (Å²) in [7, 11) is 0. The molecule has 0 amide bonds. The monoisotopic (exact) mass is 245 g/mol. The van der Waals surface area contributed by atoms with Crippen LogP contribution >= 0.6 is 0 Å². The Balaban J connectivity index is 2.34. The number of aromatic amines is 1. The van der Waals surface area contributed by atoms with Gasteiger partial charge in [0.2, 0.25) is 0 Å². The van der Waals surface area contributed by atoms with Crippen molar-refractivity contribution < 1.29 is 20.1 Å². The van der Waals surface area contributed by atoms with Gasteiger partial charge < -0.3 is 20.1 Å². The lowest BCUT2D eigenvalue weighted by Crippen LogP contribution is -2.53. The maximum atomic E-state index is 11.4. The molecular weight excluding hydrogens is 234 g/mol. The van der Waals surface area contributed by atoms with E-state index in [0.717, 1.165) is 6.20 Å². The molecule has 1 aromatic heterocycles. The fraction of sp³-hybridized carbons (Fsp3) is 0.625. The second-order valence-electron chi connectivity index (χ2n) is 3.66. The van der Waals surface area contributed by atoms with Gasteiger partial charge in [0.1, 0.15) is 24.5 Å². The van der Waals surface area contributed by atoms with Gasteiger partial charge in [0.25, 0.3) is 5.56 Å². The van der Waals surface area contributed by atoms with Crippen molar-refractivity contribution in [1.82, 2.24) is 14.8 Å². The fourth-order valence-electron chi connectivity index (χ4n) is 1.55. The lowest BCUT2D eigenvalue weighted by molar-refractivity contribution is -0.215. The molecule has 1 aliphatic rings. The molecule has 4 atom stereocenters. The topological polar surface area (TPSA) is 138 Å². The fourth-order valence-corrected chi connectivity index (χ4v) is 1.55. The molecule has 17 heavy (non-hydrogen) atoms. The van der Waals surface area contributed by atoms with Crippen LogP contribution in [0.4, 0.5) is 0 Å². The molecule has 9 heteroatoms. The maximum absolute atomic E-state index is 11.4. The summed E-state index contributed by atoms with van der Waals surface area (Å²) in [6.45, 7) is -0.254. The van der Waals surface area contributed by atoms with E-state index in [9.17, 15) is 24.9 Å². The Hall–Kier alpha value is -1.55. The van der Waals surface area contributed by atoms with Gasteiger partial charge >= 0.3 is 5.69 Å². The Morgan fingerprint density at radius 2 is 2.06 bits per heavy atom. The van der Waals surface area contributed by atoms with Crippen molar-refractivity contribution in [3.63, 3.8) is 0 Å². The summed E-state index contributed by atoms with van der Waals surface area (Å²) in [6, 6.07) is 0. The first-order valence-corrected chi connectivity index (χ1v) is 4.84. The van der Waals surface area contributed by atoms with Gasteiger partial charge in [-0.1, -0.05) is 0 Å². The summed E-state index contributed by atoms with van der Waals surface area (Å²) in [6.07, 6.45) is -4.61. The molecule has 2 heterocycles. The maximum Gasteiger partial charge on any atom is 0.347 e. The van der Waals surface area contributed by atoms with E-state index in [1.807, 2.05) is 4.98 Å². The predicted octanol–water partition coefficient (Wildman–Crippen LogP) is -3.46. The molecule has 1 aliphatic heterocycles. The molecule has 1 aromatic rings. The van der Waals surface area contributed by atoms with Crippen LogP contribution in [-0.4, -0.2) is 55.0 Å². The highest BCUT2D eigenvalue weighted by Gasteiger charge is 2.39. The predicted molar refractivity (Wildman–Crippen MR) is 52.1 cm³/mol. The number of ether oxygens (including phenoxy) is 1. The molecule has 1 saturated heterocycles. The highest BCUT2D eigenvalue weighted by atomic mass is 16.5. The van der Waals surface area contributed by atoms with Gasteiger partial charge in [-0.25, -0.2) is 4.79 Å². The van der Waals surface area contributed by atoms with Crippen molar-refractivity contribution in [2.75, 3.05) is 6.61 Å². The van der Waals surface area contributed by atoms with Crippen LogP contribution in [0, 0.1) is 0 Å². The van der Waals surface area contributed by atoms with Crippen molar-refractivity contribution in [3.8, 4) is 0 Å². The van der Waals surface area contributed by atoms with Gasteiger partial charge in [-0.05, 0) is 0 Å². The van der Waals surface area contributed by atoms with Crippen molar-refractivity contribution in [2.24, 2.45) is 0 Å². The third kappa shape index (κ3) is 2.13. The molecule has 4 unspecified atom stereocenters. The molecule has 0 aromatic carbocycles. The molecule has 0 bridgehead atoms. The van der Waals surface area contributed by atoms with Crippen LogP contribution in [0.15, 0.2) is 15.8 Å². The third-order valence-electron chi connectivity index (χ3n) is 2.45. The lowest BCUT2D eigenvalue weighted by atomic mass is 10.0. The molecule has 94 valence electrons. The normalized spacial score (nSPS) is 33.6. The van der Waals surface area contributed by atoms with Crippen LogP contribution < -0.4 is 11.2 Å². The molecule has 0 spiro atoms. The van der Waals surface area contributed by atoms with E-state index >= 15 is 0 Å². The first-order valence-electron chi connectivity index (χ1n) is 4.84. The van der Waals surface area contributed by atoms with Crippen LogP contribution in [0.25, 0.3) is 0 Å². The number of nitrogens with one attached hydrogen (secondary N) is 1. The van der Waals surface area contributed by atoms with Crippen LogP contribution in [0.1, 0.15) is 6.23 Å². The van der Waals surface area contributed by atoms with Crippen molar-refractivity contribution in [3.05, 3.63) is 27.0 Å². The van der Waals surface area contributed by atoms with Gasteiger partial charge in [0, 0.05) is 0 Å². The SMILES string of the molecule is O=c1cnn(C2OCC(O)C(O)C2O)c(=O)[nH]1. The second-order valence-corrected chi connectivity index (χ2v) is 3.66. The number of aliphatic hydroxyl groups excluding tert-OH is 3. The summed E-state index contributed by atoms with van der Waals surface area (Å²) in [4.78, 5) is 24.1. The van der Waals surface area contributed by atoms with E-state index in [0.29, 0.717) is 4.68 Å². The highest BCUT2D eigenvalue weighted by Crippen LogP contribution is 2.21. The van der Waals surface area contributed by atoms with E-state index < -0.39 is 35.8 Å². The Morgan fingerprint density at radius 1 is 1.35 bits per heavy atom. The average molecular weight is 245 g/mol. The van der Waals surface area contributed by atoms with E-state index in [-0.39, 0.29) is 6.61 Å². The van der Waals surface area contributed by atoms with E-state index in [4.69, 9.17) is 4.74 Å². The minimum Gasteiger partial charge on any atom is -0.388 e. The zero-order valence-corrected chi connectivity index (χ0v) is 8.55. The molecule has 0 radical (unpaired) electrons. The van der Waals surface area contributed by atoms with E-state index in [2.05, 4.69) is 5.10 Å². The molecule has 0 aliphatic carbocycles. The van der Waals surface area contributed by atoms with Gasteiger partial charge in [-0.3, -0.25) is 9.78 Å². The first-order chi connectivity index (χ1) is 8.00. The van der Waals surface area contributed by atoms with E-state index in [1.165, 1.54) is 0 Å². The molecule has 1 fully saturated rings. The summed E-state index contributed by atoms with van der Waals surface area (Å²) >= 11 is 0. The minimum absolute atomic E-state index is 0.254. The number of H-pyrrole nitrogens is 1. The molecule has 0 saturated carbocycles. The Kier molecular flexibility index (Phi) is 3.07. The molecule has 4 N–H and O–H groups in total. The summed E-state index contributed by atoms with van der Waals surface area (Å²) in [5, 5.41) is 31.8. The summed E-state index contributed by atoms with van der Waals surface area (Å²) in [5.41, 5.74) is -1.55. The number of aromatic nitrogens is 3.